The van der Waals surface area contributed by atoms with E-state index in [0.29, 0.717) is 26.3 Å². The van der Waals surface area contributed by atoms with Gasteiger partial charge in [-0.05, 0) is 0 Å². The van der Waals surface area contributed by atoms with Gasteiger partial charge in [0.15, 0.2) is 0 Å². The summed E-state index contributed by atoms with van der Waals surface area (Å²) >= 11 is 0. The maximum Gasteiger partial charge on any atom is 0.230 e. The van der Waals surface area contributed by atoms with E-state index in [0.717, 1.165) is 0 Å². The third-order valence-corrected chi connectivity index (χ3v) is 1.31. The molecule has 0 spiro atoms. The summed E-state index contributed by atoms with van der Waals surface area (Å²) in [7, 11) is 0. The fraction of sp³-hybridized carbons (Fsp3) is 1.00. The summed E-state index contributed by atoms with van der Waals surface area (Å²) in [6.45, 7) is 1.98. The van der Waals surface area contributed by atoms with Crippen LogP contribution in [0.4, 0.5) is 0 Å². The normalized spacial score (nSPS) is 21.2. The first-order valence-electron chi connectivity index (χ1n) is 2.99. The quantitative estimate of drug-likeness (QED) is 0.311. The average Bonchev–Trinajstić information content (AvgIpc) is 2.05. The van der Waals surface area contributed by atoms with Crippen LogP contribution >= 0.6 is 0 Å². The van der Waals surface area contributed by atoms with Crippen LogP contribution < -0.4 is 0 Å². The van der Waals surface area contributed by atoms with Crippen LogP contribution in [0.5, 0.6) is 0 Å². The lowest BCUT2D eigenvalue weighted by Gasteiger charge is -2.21. The summed E-state index contributed by atoms with van der Waals surface area (Å²) in [5.41, 5.74) is 0. The molecule has 0 aromatic rings. The number of rotatable bonds is 1. The van der Waals surface area contributed by atoms with E-state index in [1.165, 1.54) is 5.01 Å². The highest BCUT2D eigenvalue weighted by atomic mass is 16.6. The van der Waals surface area contributed by atoms with Crippen molar-refractivity contribution in [1.29, 1.82) is 0 Å². The van der Waals surface area contributed by atoms with Gasteiger partial charge in [0, 0.05) is 0 Å². The first kappa shape index (κ1) is 7.07. The maximum atomic E-state index is 10.5. The molecule has 6 heteroatoms. The summed E-state index contributed by atoms with van der Waals surface area (Å²) in [6.07, 6.45) is 0. The molecule has 0 atom stereocenters. The van der Waals surface area contributed by atoms with Crippen molar-refractivity contribution in [2.75, 3.05) is 26.3 Å². The van der Waals surface area contributed by atoms with Gasteiger partial charge in [0.25, 0.3) is 0 Å². The third kappa shape index (κ3) is 1.47. The summed E-state index contributed by atoms with van der Waals surface area (Å²) in [4.78, 5) is 0.169. The summed E-state index contributed by atoms with van der Waals surface area (Å²) in [5, 5.41) is 22.4. The number of hydrazine groups is 1. The Balaban J connectivity index is 2.39. The van der Waals surface area contributed by atoms with Crippen molar-refractivity contribution in [3.05, 3.63) is 5.21 Å². The zero-order valence-corrected chi connectivity index (χ0v) is 5.43. The van der Waals surface area contributed by atoms with Gasteiger partial charge in [0.1, 0.15) is 13.1 Å². The molecule has 0 radical (unpaired) electrons. The van der Waals surface area contributed by atoms with Crippen molar-refractivity contribution >= 4 is 0 Å². The molecule has 1 saturated heterocycles. The van der Waals surface area contributed by atoms with Crippen molar-refractivity contribution in [1.82, 2.24) is 5.01 Å². The molecule has 6 nitrogen and oxygen atoms in total. The van der Waals surface area contributed by atoms with E-state index < -0.39 is 0 Å². The van der Waals surface area contributed by atoms with Crippen molar-refractivity contribution in [2.45, 2.75) is 0 Å². The molecule has 58 valence electrons. The van der Waals surface area contributed by atoms with Gasteiger partial charge >= 0.3 is 0 Å². The van der Waals surface area contributed by atoms with E-state index >= 15 is 0 Å². The minimum Gasteiger partial charge on any atom is -0.569 e. The third-order valence-electron chi connectivity index (χ3n) is 1.31. The Bertz CT molecular complexity index is 132. The van der Waals surface area contributed by atoms with Gasteiger partial charge in [0.2, 0.25) is 5.28 Å². The van der Waals surface area contributed by atoms with Gasteiger partial charge in [-0.15, -0.1) is 5.01 Å². The molecule has 0 aromatic carbocycles. The summed E-state index contributed by atoms with van der Waals surface area (Å²) in [6, 6.07) is 0. The van der Waals surface area contributed by atoms with Gasteiger partial charge in [-0.25, -0.2) is 0 Å². The lowest BCUT2D eigenvalue weighted by atomic mass is 10.5. The number of morpholine rings is 1. The molecule has 1 N–H and O–H groups in total. The lowest BCUT2D eigenvalue weighted by Crippen LogP contribution is -2.40. The van der Waals surface area contributed by atoms with Crippen LogP contribution in [0.15, 0.2) is 5.28 Å². The molecule has 1 rings (SSSR count). The molecule has 1 aliphatic rings. The molecule has 0 unspecified atom stereocenters. The Hall–Kier alpha value is -1.04. The second-order valence-corrected chi connectivity index (χ2v) is 1.91. The van der Waals surface area contributed by atoms with E-state index in [2.05, 4.69) is 5.28 Å². The first-order chi connectivity index (χ1) is 4.84. The zero-order valence-electron chi connectivity index (χ0n) is 5.43. The van der Waals surface area contributed by atoms with Crippen LogP contribution in [-0.4, -0.2) is 41.5 Å². The molecule has 0 amide bonds. The van der Waals surface area contributed by atoms with E-state index in [1.807, 2.05) is 0 Å². The van der Waals surface area contributed by atoms with Gasteiger partial charge in [-0.1, -0.05) is 0 Å². The standard InChI is InChI=1S/C4H9N3O3/c8-5-7(9)6-1-3-10-4-2-6/h8H,1-4H2/b7-5+. The highest BCUT2D eigenvalue weighted by molar-refractivity contribution is 4.49. The van der Waals surface area contributed by atoms with E-state index in [-0.39, 0.29) is 4.97 Å². The Morgan fingerprint density at radius 3 is 2.60 bits per heavy atom. The summed E-state index contributed by atoms with van der Waals surface area (Å²) in [5.74, 6) is 0. The second-order valence-electron chi connectivity index (χ2n) is 1.91. The minimum absolute atomic E-state index is 0.169. The number of hydrogen-bond donors (Lipinski definition) is 1. The zero-order chi connectivity index (χ0) is 7.40. The van der Waals surface area contributed by atoms with E-state index in [9.17, 15) is 5.21 Å². The molecule has 0 saturated carbocycles. The molecular formula is C4H9N3O3. The van der Waals surface area contributed by atoms with Crippen LogP contribution in [-0.2, 0) is 4.74 Å². The van der Waals surface area contributed by atoms with Crippen molar-refractivity contribution < 1.29 is 14.9 Å². The highest BCUT2D eigenvalue weighted by Gasteiger charge is 2.16. The Labute approximate surface area is 57.8 Å². The molecule has 0 bridgehead atoms. The molecule has 10 heavy (non-hydrogen) atoms. The molecular weight excluding hydrogens is 138 g/mol. The predicted octanol–water partition coefficient (Wildman–Crippen LogP) is -0.415. The highest BCUT2D eigenvalue weighted by Crippen LogP contribution is 1.96. The van der Waals surface area contributed by atoms with Gasteiger partial charge in [-0.3, -0.25) is 0 Å². The second kappa shape index (κ2) is 3.21. The number of hydrogen-bond acceptors (Lipinski definition) is 3. The lowest BCUT2D eigenvalue weighted by molar-refractivity contribution is -0.712. The number of ether oxygens (including phenoxy) is 1. The fourth-order valence-corrected chi connectivity index (χ4v) is 0.781. The molecule has 1 fully saturated rings. The van der Waals surface area contributed by atoms with Crippen LogP contribution in [0.25, 0.3) is 0 Å². The van der Waals surface area contributed by atoms with Crippen LogP contribution in [0, 0.1) is 5.21 Å². The summed E-state index contributed by atoms with van der Waals surface area (Å²) < 4.78 is 4.96. The fourth-order valence-electron chi connectivity index (χ4n) is 0.781. The SMILES string of the molecule is [O-]/[N+](=N/O)N1CCOCC1. The van der Waals surface area contributed by atoms with Crippen molar-refractivity contribution in [3.8, 4) is 0 Å². The van der Waals surface area contributed by atoms with Gasteiger partial charge in [0.05, 0.1) is 18.2 Å². The smallest absolute Gasteiger partial charge is 0.230 e. The monoisotopic (exact) mass is 147 g/mol. The molecule has 1 heterocycles. The average molecular weight is 147 g/mol. The molecule has 0 aromatic heterocycles. The Kier molecular flexibility index (Phi) is 2.27. The van der Waals surface area contributed by atoms with Crippen LogP contribution in [0.3, 0.4) is 0 Å². The van der Waals surface area contributed by atoms with Crippen molar-refractivity contribution in [2.24, 2.45) is 5.28 Å². The topological polar surface area (TPSA) is 71.1 Å². The maximum absolute atomic E-state index is 10.5. The molecule has 1 aliphatic heterocycles. The number of nitrogens with zero attached hydrogens (tertiary/aromatic N) is 3. The van der Waals surface area contributed by atoms with Crippen LogP contribution in [0.2, 0.25) is 0 Å². The predicted molar refractivity (Wildman–Crippen MR) is 30.2 cm³/mol. The van der Waals surface area contributed by atoms with Crippen molar-refractivity contribution in [3.63, 3.8) is 0 Å². The first-order valence-corrected chi connectivity index (χ1v) is 2.99. The van der Waals surface area contributed by atoms with Gasteiger partial charge < -0.3 is 15.2 Å². The van der Waals surface area contributed by atoms with E-state index in [1.54, 1.807) is 0 Å². The van der Waals surface area contributed by atoms with Gasteiger partial charge in [-0.2, -0.15) is 0 Å². The Morgan fingerprint density at radius 1 is 1.50 bits per heavy atom. The minimum atomic E-state index is 0.169. The van der Waals surface area contributed by atoms with E-state index in [4.69, 9.17) is 9.94 Å². The Morgan fingerprint density at radius 2 is 2.10 bits per heavy atom. The molecule has 0 aliphatic carbocycles. The largest absolute Gasteiger partial charge is 0.569 e. The van der Waals surface area contributed by atoms with Crippen LogP contribution in [0.1, 0.15) is 0 Å².